The van der Waals surface area contributed by atoms with E-state index in [-0.39, 0.29) is 34.8 Å². The van der Waals surface area contributed by atoms with E-state index in [2.05, 4.69) is 5.10 Å². The van der Waals surface area contributed by atoms with Crippen molar-refractivity contribution in [1.29, 1.82) is 0 Å². The molecular formula is C26H30N4O5. The van der Waals surface area contributed by atoms with Crippen LogP contribution < -0.4 is 15.0 Å². The van der Waals surface area contributed by atoms with Crippen molar-refractivity contribution >= 4 is 22.8 Å². The number of ether oxygens (including phenoxy) is 2. The molecule has 1 saturated carbocycles. The van der Waals surface area contributed by atoms with E-state index in [1.807, 2.05) is 12.1 Å². The normalized spacial score (nSPS) is 14.6. The summed E-state index contributed by atoms with van der Waals surface area (Å²) in [4.78, 5) is 29.5. The molecule has 184 valence electrons. The minimum Gasteiger partial charge on any atom is -0.490 e. The maximum absolute atomic E-state index is 13.4. The molecular weight excluding hydrogens is 448 g/mol. The van der Waals surface area contributed by atoms with E-state index in [0.717, 1.165) is 25.7 Å². The van der Waals surface area contributed by atoms with Gasteiger partial charge < -0.3 is 9.47 Å². The number of nitrogens with zero attached hydrogens (tertiary/aromatic N) is 4. The first kappa shape index (κ1) is 24.4. The van der Waals surface area contributed by atoms with Crippen molar-refractivity contribution in [2.45, 2.75) is 64.9 Å². The molecule has 1 aromatic heterocycles. The second kappa shape index (κ2) is 10.7. The maximum Gasteiger partial charge on any atom is 0.315 e. The molecule has 0 bridgehead atoms. The predicted octanol–water partition coefficient (Wildman–Crippen LogP) is 5.42. The first-order valence-electron chi connectivity index (χ1n) is 12.1. The fraction of sp³-hybridized carbons (Fsp3) is 0.423. The highest BCUT2D eigenvalue weighted by Gasteiger charge is 2.24. The lowest BCUT2D eigenvalue weighted by Crippen LogP contribution is -2.25. The third-order valence-electron chi connectivity index (χ3n) is 5.98. The number of benzene rings is 2. The Balaban J connectivity index is 1.83. The van der Waals surface area contributed by atoms with Gasteiger partial charge in [0.1, 0.15) is 5.82 Å². The number of aromatic nitrogens is 2. The van der Waals surface area contributed by atoms with Gasteiger partial charge in [-0.1, -0.05) is 31.4 Å². The molecule has 9 heteroatoms. The summed E-state index contributed by atoms with van der Waals surface area (Å²) in [6.07, 6.45) is 6.40. The van der Waals surface area contributed by atoms with Gasteiger partial charge in [-0.25, -0.2) is 4.98 Å². The van der Waals surface area contributed by atoms with Crippen LogP contribution in [0.2, 0.25) is 0 Å². The summed E-state index contributed by atoms with van der Waals surface area (Å²) >= 11 is 0. The molecule has 0 N–H and O–H groups in total. The van der Waals surface area contributed by atoms with Crippen LogP contribution in [0, 0.1) is 10.1 Å². The number of fused-ring (bicyclic) bond motifs is 1. The van der Waals surface area contributed by atoms with Crippen molar-refractivity contribution in [2.24, 2.45) is 5.10 Å². The van der Waals surface area contributed by atoms with Crippen molar-refractivity contribution in [1.82, 2.24) is 9.66 Å². The highest BCUT2D eigenvalue weighted by Crippen LogP contribution is 2.39. The third-order valence-corrected chi connectivity index (χ3v) is 5.98. The zero-order chi connectivity index (χ0) is 24.9. The van der Waals surface area contributed by atoms with Gasteiger partial charge in [-0.2, -0.15) is 9.78 Å². The van der Waals surface area contributed by atoms with Crippen LogP contribution in [0.3, 0.4) is 0 Å². The van der Waals surface area contributed by atoms with Crippen LogP contribution in [0.1, 0.15) is 70.2 Å². The molecule has 0 amide bonds. The Morgan fingerprint density at radius 3 is 2.66 bits per heavy atom. The van der Waals surface area contributed by atoms with Crippen LogP contribution in [-0.4, -0.2) is 33.5 Å². The van der Waals surface area contributed by atoms with Gasteiger partial charge in [-0.3, -0.25) is 14.9 Å². The van der Waals surface area contributed by atoms with Gasteiger partial charge in [-0.15, -0.1) is 0 Å². The molecule has 0 aliphatic heterocycles. The molecule has 0 saturated heterocycles. The first-order valence-corrected chi connectivity index (χ1v) is 12.1. The molecule has 0 radical (unpaired) electrons. The second-order valence-electron chi connectivity index (χ2n) is 8.91. The lowest BCUT2D eigenvalue weighted by molar-refractivity contribution is -0.386. The van der Waals surface area contributed by atoms with E-state index >= 15 is 0 Å². The van der Waals surface area contributed by atoms with E-state index in [1.54, 1.807) is 39.0 Å². The quantitative estimate of drug-likeness (QED) is 0.243. The highest BCUT2D eigenvalue weighted by atomic mass is 16.6. The van der Waals surface area contributed by atoms with E-state index in [4.69, 9.17) is 14.5 Å². The van der Waals surface area contributed by atoms with Gasteiger partial charge in [0.2, 0.25) is 5.75 Å². The number of nitro groups is 1. The highest BCUT2D eigenvalue weighted by molar-refractivity contribution is 5.83. The summed E-state index contributed by atoms with van der Waals surface area (Å²) in [5, 5.41) is 16.8. The molecule has 1 fully saturated rings. The molecule has 1 aliphatic carbocycles. The minimum absolute atomic E-state index is 0.0800. The smallest absolute Gasteiger partial charge is 0.315 e. The Morgan fingerprint density at radius 1 is 1.23 bits per heavy atom. The molecule has 0 spiro atoms. The molecule has 0 unspecified atom stereocenters. The van der Waals surface area contributed by atoms with Crippen molar-refractivity contribution in [3.63, 3.8) is 0 Å². The molecule has 2 aromatic carbocycles. The maximum atomic E-state index is 13.4. The van der Waals surface area contributed by atoms with Crippen molar-refractivity contribution in [3.8, 4) is 11.5 Å². The Bertz CT molecular complexity index is 1310. The lowest BCUT2D eigenvalue weighted by Gasteiger charge is -2.22. The van der Waals surface area contributed by atoms with Gasteiger partial charge in [0.15, 0.2) is 5.75 Å². The van der Waals surface area contributed by atoms with Crippen molar-refractivity contribution < 1.29 is 14.4 Å². The molecule has 4 rings (SSSR count). The fourth-order valence-corrected chi connectivity index (χ4v) is 4.44. The zero-order valence-electron chi connectivity index (χ0n) is 20.3. The van der Waals surface area contributed by atoms with Crippen LogP contribution in [0.4, 0.5) is 5.69 Å². The summed E-state index contributed by atoms with van der Waals surface area (Å²) < 4.78 is 12.7. The average molecular weight is 479 g/mol. The van der Waals surface area contributed by atoms with E-state index < -0.39 is 4.92 Å². The summed E-state index contributed by atoms with van der Waals surface area (Å²) in [6, 6.07) is 10.2. The van der Waals surface area contributed by atoms with Gasteiger partial charge in [0.05, 0.1) is 34.8 Å². The van der Waals surface area contributed by atoms with E-state index in [1.165, 1.54) is 23.4 Å². The van der Waals surface area contributed by atoms with Crippen LogP contribution in [0.15, 0.2) is 46.3 Å². The second-order valence-corrected chi connectivity index (χ2v) is 8.91. The molecule has 1 heterocycles. The SMILES string of the molecule is CCOc1cc(C=Nn2c(C3CCCCC3)nc3ccccc3c2=O)cc([N+](=O)[O-])c1OC(C)C. The summed E-state index contributed by atoms with van der Waals surface area (Å²) in [5.74, 6) is 1.10. The minimum atomic E-state index is -0.505. The molecule has 3 aromatic rings. The number of nitro benzene ring substituents is 1. The largest absolute Gasteiger partial charge is 0.490 e. The van der Waals surface area contributed by atoms with Gasteiger partial charge >= 0.3 is 5.69 Å². The van der Waals surface area contributed by atoms with Crippen molar-refractivity contribution in [3.05, 3.63) is 68.3 Å². The van der Waals surface area contributed by atoms with Crippen LogP contribution in [0.25, 0.3) is 10.9 Å². The average Bonchev–Trinajstić information content (AvgIpc) is 2.85. The predicted molar refractivity (Wildman–Crippen MR) is 135 cm³/mol. The zero-order valence-corrected chi connectivity index (χ0v) is 20.3. The Morgan fingerprint density at radius 2 is 1.97 bits per heavy atom. The van der Waals surface area contributed by atoms with Gasteiger partial charge in [-0.05, 0) is 51.8 Å². The summed E-state index contributed by atoms with van der Waals surface area (Å²) in [5.41, 5.74) is 0.592. The Hall–Kier alpha value is -3.75. The third kappa shape index (κ3) is 5.34. The molecule has 0 atom stereocenters. The number of para-hydroxylation sites is 1. The monoisotopic (exact) mass is 478 g/mol. The van der Waals surface area contributed by atoms with Crippen LogP contribution >= 0.6 is 0 Å². The molecule has 35 heavy (non-hydrogen) atoms. The fourth-order valence-electron chi connectivity index (χ4n) is 4.44. The number of hydrogen-bond acceptors (Lipinski definition) is 7. The summed E-state index contributed by atoms with van der Waals surface area (Å²) in [6.45, 7) is 5.69. The molecule has 1 aliphatic rings. The Labute approximate surface area is 203 Å². The summed E-state index contributed by atoms with van der Waals surface area (Å²) in [7, 11) is 0. The van der Waals surface area contributed by atoms with Gasteiger partial charge in [0, 0.05) is 17.5 Å². The topological polar surface area (TPSA) is 109 Å². The standard InChI is InChI=1S/C26H30N4O5/c1-4-34-23-15-18(14-22(30(32)33)24(23)35-17(2)3)16-27-29-25(19-10-6-5-7-11-19)28-21-13-9-8-12-20(21)26(29)31/h8-9,12-17,19H,4-7,10-11H2,1-3H3. The Kier molecular flexibility index (Phi) is 7.43. The van der Waals surface area contributed by atoms with E-state index in [0.29, 0.717) is 28.9 Å². The van der Waals surface area contributed by atoms with Crippen molar-refractivity contribution in [2.75, 3.05) is 6.61 Å². The molecule has 9 nitrogen and oxygen atoms in total. The van der Waals surface area contributed by atoms with E-state index in [9.17, 15) is 14.9 Å². The number of rotatable bonds is 8. The lowest BCUT2D eigenvalue weighted by atomic mass is 9.88. The van der Waals surface area contributed by atoms with Crippen LogP contribution in [-0.2, 0) is 0 Å². The van der Waals surface area contributed by atoms with Gasteiger partial charge in [0.25, 0.3) is 5.56 Å². The number of hydrogen-bond donors (Lipinski definition) is 0. The van der Waals surface area contributed by atoms with Crippen LogP contribution in [0.5, 0.6) is 11.5 Å². The first-order chi connectivity index (χ1) is 16.9.